The first-order valence-electron chi connectivity index (χ1n) is 6.35. The van der Waals surface area contributed by atoms with Gasteiger partial charge in [0.05, 0.1) is 0 Å². The number of pyridine rings is 1. The first-order chi connectivity index (χ1) is 10.9. The number of hydrogen-bond donors (Lipinski definition) is 2. The predicted octanol–water partition coefficient (Wildman–Crippen LogP) is 2.41. The highest BCUT2D eigenvalue weighted by atomic mass is 19.4. The lowest BCUT2D eigenvalue weighted by molar-refractivity contribution is -0.274. The van der Waals surface area contributed by atoms with E-state index in [1.54, 1.807) is 0 Å². The number of nitrogen functional groups attached to an aromatic ring is 1. The van der Waals surface area contributed by atoms with Crippen LogP contribution in [-0.4, -0.2) is 26.8 Å². The van der Waals surface area contributed by atoms with Crippen molar-refractivity contribution in [1.29, 1.82) is 0 Å². The number of aromatic amines is 1. The Morgan fingerprint density at radius 1 is 1.13 bits per heavy atom. The van der Waals surface area contributed by atoms with Gasteiger partial charge in [0.25, 0.3) is 0 Å². The molecule has 2 heterocycles. The number of benzene rings is 1. The second-order valence-corrected chi connectivity index (χ2v) is 4.52. The van der Waals surface area contributed by atoms with Gasteiger partial charge in [-0.2, -0.15) is 10.3 Å². The lowest BCUT2D eigenvalue weighted by Crippen LogP contribution is -2.17. The van der Waals surface area contributed by atoms with E-state index in [-0.39, 0.29) is 18.2 Å². The first-order valence-corrected chi connectivity index (χ1v) is 6.35. The molecule has 0 saturated carbocycles. The van der Waals surface area contributed by atoms with Gasteiger partial charge in [-0.25, -0.2) is 4.98 Å². The quantitative estimate of drug-likeness (QED) is 0.764. The third kappa shape index (κ3) is 3.59. The van der Waals surface area contributed by atoms with Gasteiger partial charge in [-0.1, -0.05) is 12.1 Å². The van der Waals surface area contributed by atoms with Gasteiger partial charge in [-0.05, 0) is 17.7 Å². The molecule has 3 N–H and O–H groups in total. The number of H-pyrrole nitrogens is 1. The van der Waals surface area contributed by atoms with E-state index in [9.17, 15) is 13.2 Å². The van der Waals surface area contributed by atoms with Crippen molar-refractivity contribution in [2.75, 3.05) is 5.73 Å². The summed E-state index contributed by atoms with van der Waals surface area (Å²) in [6.07, 6.45) is -4.72. The Morgan fingerprint density at radius 3 is 2.57 bits per heavy atom. The standard InChI is InChI=1S/C13H10F3N5O2/c14-13(15,16)23-8-3-1-7(2-4-8)6-22-9-5-10(17)18-12-11(9)19-21-20-12/h1-5H,6H2,(H3,17,18,19,20,21). The van der Waals surface area contributed by atoms with Gasteiger partial charge in [0.15, 0.2) is 11.3 Å². The summed E-state index contributed by atoms with van der Waals surface area (Å²) in [5, 5.41) is 10.1. The number of nitrogens with two attached hydrogens (primary N) is 1. The fourth-order valence-corrected chi connectivity index (χ4v) is 1.88. The van der Waals surface area contributed by atoms with Gasteiger partial charge in [0, 0.05) is 6.07 Å². The molecule has 0 fully saturated rings. The molecular weight excluding hydrogens is 315 g/mol. The van der Waals surface area contributed by atoms with Crippen molar-refractivity contribution in [2.45, 2.75) is 13.0 Å². The van der Waals surface area contributed by atoms with E-state index in [2.05, 4.69) is 25.1 Å². The van der Waals surface area contributed by atoms with Crippen LogP contribution in [0.25, 0.3) is 11.2 Å². The molecule has 0 spiro atoms. The Bertz CT molecular complexity index is 817. The van der Waals surface area contributed by atoms with Gasteiger partial charge < -0.3 is 15.2 Å². The van der Waals surface area contributed by atoms with Crippen LogP contribution in [0.1, 0.15) is 5.56 Å². The molecule has 1 aromatic carbocycles. The monoisotopic (exact) mass is 325 g/mol. The Morgan fingerprint density at radius 2 is 1.87 bits per heavy atom. The molecule has 0 aliphatic rings. The molecule has 0 aliphatic carbocycles. The number of nitrogens with one attached hydrogen (secondary N) is 1. The van der Waals surface area contributed by atoms with E-state index >= 15 is 0 Å². The SMILES string of the molecule is Nc1cc(OCc2ccc(OC(F)(F)F)cc2)c2n[nH]nc2n1. The zero-order valence-electron chi connectivity index (χ0n) is 11.5. The zero-order valence-corrected chi connectivity index (χ0v) is 11.5. The highest BCUT2D eigenvalue weighted by Crippen LogP contribution is 2.25. The summed E-state index contributed by atoms with van der Waals surface area (Å²) in [4.78, 5) is 3.97. The number of aromatic nitrogens is 4. The molecule has 120 valence electrons. The van der Waals surface area contributed by atoms with Crippen molar-refractivity contribution in [3.8, 4) is 11.5 Å². The average molecular weight is 325 g/mol. The summed E-state index contributed by atoms with van der Waals surface area (Å²) in [6.45, 7) is 0.109. The molecule has 0 atom stereocenters. The maximum Gasteiger partial charge on any atom is 0.573 e. The van der Waals surface area contributed by atoms with Crippen molar-refractivity contribution in [3.05, 3.63) is 35.9 Å². The fraction of sp³-hybridized carbons (Fsp3) is 0.154. The Hall–Kier alpha value is -3.04. The van der Waals surface area contributed by atoms with Gasteiger partial charge in [0.2, 0.25) is 5.65 Å². The normalized spacial score (nSPS) is 11.6. The minimum absolute atomic E-state index is 0.109. The van der Waals surface area contributed by atoms with Crippen LogP contribution < -0.4 is 15.2 Å². The second-order valence-electron chi connectivity index (χ2n) is 4.52. The van der Waals surface area contributed by atoms with Crippen molar-refractivity contribution in [2.24, 2.45) is 0 Å². The van der Waals surface area contributed by atoms with Crippen LogP contribution in [0.4, 0.5) is 19.0 Å². The lowest BCUT2D eigenvalue weighted by Gasteiger charge is -2.10. The maximum atomic E-state index is 12.1. The molecule has 0 aliphatic heterocycles. The Labute approximate surface area is 127 Å². The third-order valence-electron chi connectivity index (χ3n) is 2.83. The molecule has 0 bridgehead atoms. The van der Waals surface area contributed by atoms with E-state index < -0.39 is 6.36 Å². The van der Waals surface area contributed by atoms with Crippen LogP contribution >= 0.6 is 0 Å². The second kappa shape index (κ2) is 5.63. The van der Waals surface area contributed by atoms with Gasteiger partial charge in [-0.15, -0.1) is 18.3 Å². The molecule has 0 amide bonds. The molecule has 0 saturated heterocycles. The lowest BCUT2D eigenvalue weighted by atomic mass is 10.2. The highest BCUT2D eigenvalue weighted by molar-refractivity contribution is 5.78. The Kier molecular flexibility index (Phi) is 3.64. The predicted molar refractivity (Wildman–Crippen MR) is 73.6 cm³/mol. The molecule has 7 nitrogen and oxygen atoms in total. The molecule has 3 rings (SSSR count). The van der Waals surface area contributed by atoms with Crippen LogP contribution in [0.15, 0.2) is 30.3 Å². The first kappa shape index (κ1) is 14.9. The maximum absolute atomic E-state index is 12.1. The number of hydrogen-bond acceptors (Lipinski definition) is 6. The molecule has 3 aromatic rings. The number of anilines is 1. The summed E-state index contributed by atoms with van der Waals surface area (Å²) in [5.74, 6) is 0.292. The summed E-state index contributed by atoms with van der Waals surface area (Å²) < 4.78 is 45.6. The number of rotatable bonds is 4. The van der Waals surface area contributed by atoms with Gasteiger partial charge in [0.1, 0.15) is 18.2 Å². The number of alkyl halides is 3. The van der Waals surface area contributed by atoms with E-state index in [0.717, 1.165) is 0 Å². The van der Waals surface area contributed by atoms with Crippen LogP contribution in [0.2, 0.25) is 0 Å². The van der Waals surface area contributed by atoms with Crippen LogP contribution in [0.5, 0.6) is 11.5 Å². The smallest absolute Gasteiger partial charge is 0.486 e. The fourth-order valence-electron chi connectivity index (χ4n) is 1.88. The number of ether oxygens (including phenoxy) is 2. The van der Waals surface area contributed by atoms with Gasteiger partial charge >= 0.3 is 6.36 Å². The summed E-state index contributed by atoms with van der Waals surface area (Å²) in [7, 11) is 0. The van der Waals surface area contributed by atoms with Crippen molar-refractivity contribution in [1.82, 2.24) is 20.4 Å². The summed E-state index contributed by atoms with van der Waals surface area (Å²) >= 11 is 0. The molecule has 2 aromatic heterocycles. The summed E-state index contributed by atoms with van der Waals surface area (Å²) in [5.41, 5.74) is 7.01. The minimum Gasteiger partial charge on any atom is -0.486 e. The van der Waals surface area contributed by atoms with E-state index in [1.165, 1.54) is 30.3 Å². The molecule has 10 heteroatoms. The highest BCUT2D eigenvalue weighted by Gasteiger charge is 2.30. The van der Waals surface area contributed by atoms with Crippen molar-refractivity contribution in [3.63, 3.8) is 0 Å². The average Bonchev–Trinajstić information content (AvgIpc) is 2.92. The largest absolute Gasteiger partial charge is 0.573 e. The molecule has 23 heavy (non-hydrogen) atoms. The topological polar surface area (TPSA) is 98.9 Å². The number of nitrogens with zero attached hydrogens (tertiary/aromatic N) is 3. The van der Waals surface area contributed by atoms with E-state index in [1.807, 2.05) is 0 Å². The van der Waals surface area contributed by atoms with Gasteiger partial charge in [-0.3, -0.25) is 0 Å². The van der Waals surface area contributed by atoms with E-state index in [0.29, 0.717) is 22.5 Å². The van der Waals surface area contributed by atoms with Crippen LogP contribution in [0.3, 0.4) is 0 Å². The van der Waals surface area contributed by atoms with Crippen LogP contribution in [-0.2, 0) is 6.61 Å². The minimum atomic E-state index is -4.72. The molecular formula is C13H10F3N5O2. The molecule has 0 unspecified atom stereocenters. The third-order valence-corrected chi connectivity index (χ3v) is 2.83. The van der Waals surface area contributed by atoms with Crippen molar-refractivity contribution < 1.29 is 22.6 Å². The number of halogens is 3. The zero-order chi connectivity index (χ0) is 16.4. The number of fused-ring (bicyclic) bond motifs is 1. The van der Waals surface area contributed by atoms with Crippen molar-refractivity contribution >= 4 is 17.0 Å². The summed E-state index contributed by atoms with van der Waals surface area (Å²) in [6, 6.07) is 6.83. The van der Waals surface area contributed by atoms with Crippen LogP contribution in [0, 0.1) is 0 Å². The Balaban J connectivity index is 1.71. The molecule has 0 radical (unpaired) electrons. The van der Waals surface area contributed by atoms with E-state index in [4.69, 9.17) is 10.5 Å².